The first-order valence-electron chi connectivity index (χ1n) is 12.4. The maximum atomic E-state index is 13.4. The molecular weight excluding hydrogens is 531 g/mol. The molecular formula is C22H53NO7Si5. The van der Waals surface area contributed by atoms with Crippen LogP contribution in [0, 0.1) is 0 Å². The van der Waals surface area contributed by atoms with Gasteiger partial charge in [0.05, 0.1) is 12.7 Å². The van der Waals surface area contributed by atoms with Gasteiger partial charge in [-0.15, -0.1) is 0 Å². The molecule has 3 atom stereocenters. The van der Waals surface area contributed by atoms with Crippen LogP contribution in [-0.2, 0) is 31.8 Å². The van der Waals surface area contributed by atoms with E-state index in [1.807, 2.05) is 19.6 Å². The van der Waals surface area contributed by atoms with E-state index in [2.05, 4.69) is 83.7 Å². The zero-order chi connectivity index (χ0) is 28.0. The Hall–Kier alpha value is -0.136. The van der Waals surface area contributed by atoms with Crippen molar-refractivity contribution < 1.29 is 31.8 Å². The van der Waals surface area contributed by atoms with Gasteiger partial charge in [0.15, 0.2) is 39.0 Å². The Labute approximate surface area is 220 Å². The zero-order valence-electron chi connectivity index (χ0n) is 25.2. The predicted octanol–water partition coefficient (Wildman–Crippen LogP) is 5.88. The Morgan fingerprint density at radius 2 is 1.11 bits per heavy atom. The van der Waals surface area contributed by atoms with E-state index in [1.165, 1.54) is 7.11 Å². The smallest absolute Gasteiger partial charge is 0.345 e. The van der Waals surface area contributed by atoms with Crippen molar-refractivity contribution in [2.24, 2.45) is 5.16 Å². The van der Waals surface area contributed by atoms with Crippen LogP contribution in [0.15, 0.2) is 5.16 Å². The first kappa shape index (κ1) is 34.9. The molecule has 0 aliphatic carbocycles. The number of oxime groups is 1. The van der Waals surface area contributed by atoms with Crippen molar-refractivity contribution in [3.05, 3.63) is 0 Å². The highest BCUT2D eigenvalue weighted by Crippen LogP contribution is 2.26. The third-order valence-corrected chi connectivity index (χ3v) is 8.67. The Morgan fingerprint density at radius 1 is 0.657 bits per heavy atom. The summed E-state index contributed by atoms with van der Waals surface area (Å²) < 4.78 is 32.3. The molecule has 0 saturated carbocycles. The average Bonchev–Trinajstić information content (AvgIpc) is 2.54. The second kappa shape index (κ2) is 13.1. The second-order valence-corrected chi connectivity index (χ2v) is 36.0. The van der Waals surface area contributed by atoms with Gasteiger partial charge in [0, 0.05) is 0 Å². The average molecular weight is 584 g/mol. The van der Waals surface area contributed by atoms with Crippen LogP contribution >= 0.6 is 0 Å². The molecule has 0 rings (SSSR count). The van der Waals surface area contributed by atoms with Crippen LogP contribution in [0.1, 0.15) is 0 Å². The third kappa shape index (κ3) is 17.1. The summed E-state index contributed by atoms with van der Waals surface area (Å²) >= 11 is 0. The molecule has 0 amide bonds. The summed E-state index contributed by atoms with van der Waals surface area (Å²) in [5, 5.41) is 4.15. The van der Waals surface area contributed by atoms with Gasteiger partial charge < -0.3 is 27.0 Å². The lowest BCUT2D eigenvalue weighted by Crippen LogP contribution is -2.58. The van der Waals surface area contributed by atoms with E-state index in [0.29, 0.717) is 6.61 Å². The molecule has 0 aromatic rings. The first-order chi connectivity index (χ1) is 15.3. The topological polar surface area (TPSA) is 84.8 Å². The van der Waals surface area contributed by atoms with Gasteiger partial charge in [0.2, 0.25) is 8.32 Å². The number of hydrogen-bond donors (Lipinski definition) is 0. The molecule has 35 heavy (non-hydrogen) atoms. The van der Waals surface area contributed by atoms with Crippen molar-refractivity contribution >= 4 is 53.3 Å². The predicted molar refractivity (Wildman–Crippen MR) is 158 cm³/mol. The van der Waals surface area contributed by atoms with E-state index in [9.17, 15) is 4.79 Å². The standard InChI is InChI=1S/C22H53NO7Si5/c1-25-23-19(22(24)30-35(14,15)16)21(29-34(11,12)13)20(28-33(8,9)10)18(27-32(5,6)7)17-26-31(2,3)4/h18,20-21H,17H2,1-16H3/b23-19-. The number of rotatable bonds is 15. The molecule has 0 saturated heterocycles. The summed E-state index contributed by atoms with van der Waals surface area (Å²) in [5.41, 5.74) is 0.0813. The monoisotopic (exact) mass is 583 g/mol. The first-order valence-corrected chi connectivity index (χ1v) is 29.4. The van der Waals surface area contributed by atoms with E-state index in [4.69, 9.17) is 27.0 Å². The summed E-state index contributed by atoms with van der Waals surface area (Å²) in [6.07, 6.45) is -1.87. The highest BCUT2D eigenvalue weighted by atomic mass is 28.4. The molecule has 0 radical (unpaired) electrons. The van der Waals surface area contributed by atoms with Crippen molar-refractivity contribution in [2.45, 2.75) is 117 Å². The Kier molecular flexibility index (Phi) is 13.0. The second-order valence-electron chi connectivity index (χ2n) is 13.7. The van der Waals surface area contributed by atoms with Crippen LogP contribution in [0.25, 0.3) is 0 Å². The fraction of sp³-hybridized carbons (Fsp3) is 0.909. The molecule has 0 fully saturated rings. The van der Waals surface area contributed by atoms with Crippen molar-refractivity contribution in [1.82, 2.24) is 0 Å². The van der Waals surface area contributed by atoms with E-state index < -0.39 is 65.9 Å². The van der Waals surface area contributed by atoms with Crippen LogP contribution < -0.4 is 0 Å². The minimum Gasteiger partial charge on any atom is -0.515 e. The number of hydrogen-bond acceptors (Lipinski definition) is 8. The van der Waals surface area contributed by atoms with E-state index in [1.54, 1.807) is 0 Å². The molecule has 0 spiro atoms. The molecule has 0 aromatic heterocycles. The molecule has 13 heteroatoms. The van der Waals surface area contributed by atoms with E-state index >= 15 is 0 Å². The van der Waals surface area contributed by atoms with E-state index in [-0.39, 0.29) is 5.71 Å². The third-order valence-electron chi connectivity index (χ3n) is 3.89. The van der Waals surface area contributed by atoms with Crippen molar-refractivity contribution in [3.63, 3.8) is 0 Å². The largest absolute Gasteiger partial charge is 0.515 e. The molecule has 8 nitrogen and oxygen atoms in total. The van der Waals surface area contributed by atoms with Crippen LogP contribution in [0.3, 0.4) is 0 Å². The molecule has 0 aromatic carbocycles. The Morgan fingerprint density at radius 3 is 1.46 bits per heavy atom. The van der Waals surface area contributed by atoms with Crippen molar-refractivity contribution in [3.8, 4) is 0 Å². The van der Waals surface area contributed by atoms with Crippen LogP contribution in [0.2, 0.25) is 98.2 Å². The molecule has 0 aliphatic rings. The molecule has 0 N–H and O–H groups in total. The molecule has 208 valence electrons. The number of carbonyl (C=O) groups is 1. The molecule has 0 heterocycles. The van der Waals surface area contributed by atoms with Gasteiger partial charge in [0.25, 0.3) is 0 Å². The summed E-state index contributed by atoms with van der Waals surface area (Å²) in [5.74, 6) is -0.531. The minimum atomic E-state index is -2.21. The van der Waals surface area contributed by atoms with Crippen molar-refractivity contribution in [2.75, 3.05) is 13.7 Å². The van der Waals surface area contributed by atoms with Gasteiger partial charge in [-0.3, -0.25) is 0 Å². The SMILES string of the molecule is CO/N=C(\C(=O)O[Si](C)(C)C)C(O[Si](C)(C)C)C(O[Si](C)(C)C)C(CO[Si](C)(C)C)O[Si](C)(C)C. The van der Waals surface area contributed by atoms with Gasteiger partial charge in [-0.1, -0.05) is 5.16 Å². The Bertz CT molecular complexity index is 701. The maximum Gasteiger partial charge on any atom is 0.345 e. The lowest BCUT2D eigenvalue weighted by molar-refractivity contribution is -0.129. The normalized spacial score (nSPS) is 17.1. The van der Waals surface area contributed by atoms with Crippen LogP contribution in [-0.4, -0.2) is 85.3 Å². The van der Waals surface area contributed by atoms with Crippen molar-refractivity contribution in [1.29, 1.82) is 0 Å². The van der Waals surface area contributed by atoms with Gasteiger partial charge in [0.1, 0.15) is 19.3 Å². The molecule has 0 bridgehead atoms. The summed E-state index contributed by atoms with van der Waals surface area (Å²) in [6, 6.07) is 0. The number of nitrogens with zero attached hydrogens (tertiary/aromatic N) is 1. The summed E-state index contributed by atoms with van der Waals surface area (Å²) in [7, 11) is -9.00. The lowest BCUT2D eigenvalue weighted by atomic mass is 10.0. The Balaban J connectivity index is 6.87. The molecule has 3 unspecified atom stereocenters. The zero-order valence-corrected chi connectivity index (χ0v) is 30.2. The highest BCUT2D eigenvalue weighted by molar-refractivity contribution is 6.73. The van der Waals surface area contributed by atoms with Gasteiger partial charge in [-0.2, -0.15) is 0 Å². The van der Waals surface area contributed by atoms with E-state index in [0.717, 1.165) is 0 Å². The van der Waals surface area contributed by atoms with Gasteiger partial charge in [-0.25, -0.2) is 4.79 Å². The quantitative estimate of drug-likeness (QED) is 0.135. The highest BCUT2D eigenvalue weighted by Gasteiger charge is 2.45. The minimum absolute atomic E-state index is 0.0813. The summed E-state index contributed by atoms with van der Waals surface area (Å²) in [4.78, 5) is 18.6. The van der Waals surface area contributed by atoms with Gasteiger partial charge >= 0.3 is 5.97 Å². The number of carbonyl (C=O) groups excluding carboxylic acids is 1. The fourth-order valence-corrected chi connectivity index (χ4v) is 7.55. The molecule has 0 aliphatic heterocycles. The fourth-order valence-electron chi connectivity index (χ4n) is 3.02. The maximum absolute atomic E-state index is 13.4. The summed E-state index contributed by atoms with van der Waals surface area (Å²) in [6.45, 7) is 31.6. The lowest BCUT2D eigenvalue weighted by Gasteiger charge is -2.42. The van der Waals surface area contributed by atoms with Gasteiger partial charge in [-0.05, 0) is 98.2 Å². The van der Waals surface area contributed by atoms with Crippen LogP contribution in [0.4, 0.5) is 0 Å². The van der Waals surface area contributed by atoms with Crippen LogP contribution in [0.5, 0.6) is 0 Å².